The lowest BCUT2D eigenvalue weighted by Crippen LogP contribution is -2.36. The van der Waals surface area contributed by atoms with Crippen molar-refractivity contribution in [2.24, 2.45) is 11.8 Å². The van der Waals surface area contributed by atoms with Crippen LogP contribution in [-0.4, -0.2) is 43.1 Å². The van der Waals surface area contributed by atoms with Crippen LogP contribution < -0.4 is 4.90 Å². The lowest BCUT2D eigenvalue weighted by atomic mass is 9.97. The van der Waals surface area contributed by atoms with Gasteiger partial charge in [0.1, 0.15) is 11.9 Å². The normalized spacial score (nSPS) is 25.4. The largest absolute Gasteiger partial charge is 0.354 e. The first-order chi connectivity index (χ1) is 9.20. The van der Waals surface area contributed by atoms with E-state index in [0.29, 0.717) is 11.6 Å². The van der Waals surface area contributed by atoms with Crippen molar-refractivity contribution in [2.45, 2.75) is 18.9 Å². The van der Waals surface area contributed by atoms with E-state index in [4.69, 9.17) is 0 Å². The zero-order chi connectivity index (χ0) is 13.4. The van der Waals surface area contributed by atoms with Crippen molar-refractivity contribution in [3.63, 3.8) is 0 Å². The Bertz CT molecular complexity index is 497. The van der Waals surface area contributed by atoms with Crippen molar-refractivity contribution in [1.82, 2.24) is 9.88 Å². The molecule has 0 unspecified atom stereocenters. The summed E-state index contributed by atoms with van der Waals surface area (Å²) in [6, 6.07) is 6.53. The number of hydrogen-bond acceptors (Lipinski definition) is 4. The van der Waals surface area contributed by atoms with Crippen LogP contribution in [0.1, 0.15) is 18.4 Å². The highest BCUT2D eigenvalue weighted by Gasteiger charge is 2.43. The summed E-state index contributed by atoms with van der Waals surface area (Å²) in [5.41, 5.74) is 0.691. The number of aromatic nitrogens is 1. The molecule has 0 bridgehead atoms. The molecule has 1 aromatic rings. The summed E-state index contributed by atoms with van der Waals surface area (Å²) in [5.74, 6) is 2.47. The highest BCUT2D eigenvalue weighted by atomic mass is 35.5. The second kappa shape index (κ2) is 5.99. The predicted molar refractivity (Wildman–Crippen MR) is 82.1 cm³/mol. The fraction of sp³-hybridized carbons (Fsp3) is 0.600. The third kappa shape index (κ3) is 2.74. The number of anilines is 1. The number of nitrogens with zero attached hydrogens (tertiary/aromatic N) is 4. The van der Waals surface area contributed by atoms with Gasteiger partial charge in [-0.2, -0.15) is 5.26 Å². The molecule has 1 saturated carbocycles. The second-order valence-corrected chi connectivity index (χ2v) is 5.92. The Morgan fingerprint density at radius 3 is 2.70 bits per heavy atom. The molecule has 0 radical (unpaired) electrons. The van der Waals surface area contributed by atoms with Crippen LogP contribution in [0, 0.1) is 23.2 Å². The SMILES string of the molecule is CN(C)[C@H]1CN(c2ncccc2C#N)C[C@@H]1C1CC1.Cl. The summed E-state index contributed by atoms with van der Waals surface area (Å²) < 4.78 is 0. The molecule has 0 amide bonds. The molecule has 2 atom stereocenters. The first-order valence-electron chi connectivity index (χ1n) is 6.97. The van der Waals surface area contributed by atoms with Gasteiger partial charge in [-0.15, -0.1) is 12.4 Å². The maximum atomic E-state index is 9.21. The average molecular weight is 293 g/mol. The van der Waals surface area contributed by atoms with E-state index in [1.165, 1.54) is 12.8 Å². The van der Waals surface area contributed by atoms with Gasteiger partial charge in [0.15, 0.2) is 0 Å². The molecule has 0 N–H and O–H groups in total. The van der Waals surface area contributed by atoms with Gasteiger partial charge < -0.3 is 9.80 Å². The van der Waals surface area contributed by atoms with Crippen molar-refractivity contribution < 1.29 is 0 Å². The molecule has 4 nitrogen and oxygen atoms in total. The molecule has 0 aromatic carbocycles. The van der Waals surface area contributed by atoms with Crippen LogP contribution in [0.4, 0.5) is 5.82 Å². The lowest BCUT2D eigenvalue weighted by molar-refractivity contribution is 0.238. The minimum Gasteiger partial charge on any atom is -0.354 e. The minimum atomic E-state index is 0. The topological polar surface area (TPSA) is 43.2 Å². The van der Waals surface area contributed by atoms with Crippen LogP contribution in [0.25, 0.3) is 0 Å². The molecule has 2 heterocycles. The zero-order valence-electron chi connectivity index (χ0n) is 12.0. The summed E-state index contributed by atoms with van der Waals surface area (Å²) in [5, 5.41) is 9.21. The van der Waals surface area contributed by atoms with Gasteiger partial charge in [0.05, 0.1) is 5.56 Å². The summed E-state index contributed by atoms with van der Waals surface area (Å²) >= 11 is 0. The van der Waals surface area contributed by atoms with Gasteiger partial charge in [-0.05, 0) is 50.9 Å². The van der Waals surface area contributed by atoms with E-state index in [0.717, 1.165) is 30.7 Å². The van der Waals surface area contributed by atoms with Crippen LogP contribution in [0.5, 0.6) is 0 Å². The molecule has 5 heteroatoms. The minimum absolute atomic E-state index is 0. The summed E-state index contributed by atoms with van der Waals surface area (Å²) in [6.07, 6.45) is 4.53. The zero-order valence-corrected chi connectivity index (χ0v) is 12.8. The maximum absolute atomic E-state index is 9.21. The predicted octanol–water partition coefficient (Wildman–Crippen LogP) is 2.15. The average Bonchev–Trinajstić information content (AvgIpc) is 3.17. The highest BCUT2D eigenvalue weighted by molar-refractivity contribution is 5.85. The number of halogens is 1. The van der Waals surface area contributed by atoms with E-state index in [9.17, 15) is 5.26 Å². The second-order valence-electron chi connectivity index (χ2n) is 5.92. The third-order valence-corrected chi connectivity index (χ3v) is 4.43. The number of hydrogen-bond donors (Lipinski definition) is 0. The molecule has 20 heavy (non-hydrogen) atoms. The summed E-state index contributed by atoms with van der Waals surface area (Å²) in [7, 11) is 4.32. The van der Waals surface area contributed by atoms with Crippen LogP contribution >= 0.6 is 12.4 Å². The maximum Gasteiger partial charge on any atom is 0.146 e. The van der Waals surface area contributed by atoms with Gasteiger partial charge in [0.25, 0.3) is 0 Å². The number of pyridine rings is 1. The van der Waals surface area contributed by atoms with Crippen molar-refractivity contribution in [3.8, 4) is 6.07 Å². The Morgan fingerprint density at radius 2 is 2.10 bits per heavy atom. The summed E-state index contributed by atoms with van der Waals surface area (Å²) in [6.45, 7) is 2.03. The van der Waals surface area contributed by atoms with E-state index >= 15 is 0 Å². The smallest absolute Gasteiger partial charge is 0.146 e. The van der Waals surface area contributed by atoms with Crippen molar-refractivity contribution >= 4 is 18.2 Å². The standard InChI is InChI=1S/C15H20N4.ClH/c1-18(2)14-10-19(9-13(14)11-5-6-11)15-12(8-16)4-3-7-17-15;/h3-4,7,11,13-14H,5-6,9-10H2,1-2H3;1H/t13-,14+;/m1./s1. The summed E-state index contributed by atoms with van der Waals surface area (Å²) in [4.78, 5) is 9.05. The lowest BCUT2D eigenvalue weighted by Gasteiger charge is -2.24. The Morgan fingerprint density at radius 1 is 1.35 bits per heavy atom. The molecule has 0 spiro atoms. The Labute approximate surface area is 126 Å². The van der Waals surface area contributed by atoms with Gasteiger partial charge in [-0.1, -0.05) is 0 Å². The van der Waals surface area contributed by atoms with E-state index in [-0.39, 0.29) is 12.4 Å². The molecule has 108 valence electrons. The Kier molecular flexibility index (Phi) is 4.52. The van der Waals surface area contributed by atoms with Crippen molar-refractivity contribution in [3.05, 3.63) is 23.9 Å². The number of likely N-dealkylation sites (N-methyl/N-ethyl adjacent to an activating group) is 1. The van der Waals surface area contributed by atoms with E-state index in [2.05, 4.69) is 34.9 Å². The third-order valence-electron chi connectivity index (χ3n) is 4.43. The molecular formula is C15H21ClN4. The van der Waals surface area contributed by atoms with Gasteiger partial charge in [0.2, 0.25) is 0 Å². The van der Waals surface area contributed by atoms with Crippen molar-refractivity contribution in [2.75, 3.05) is 32.1 Å². The Hall–Kier alpha value is -1.31. The molecule has 2 aliphatic rings. The van der Waals surface area contributed by atoms with Gasteiger partial charge in [-0.3, -0.25) is 0 Å². The van der Waals surface area contributed by atoms with Crippen LogP contribution in [-0.2, 0) is 0 Å². The van der Waals surface area contributed by atoms with E-state index in [1.807, 2.05) is 12.1 Å². The van der Waals surface area contributed by atoms with Gasteiger partial charge >= 0.3 is 0 Å². The fourth-order valence-electron chi connectivity index (χ4n) is 3.25. The van der Waals surface area contributed by atoms with Crippen LogP contribution in [0.3, 0.4) is 0 Å². The van der Waals surface area contributed by atoms with Crippen molar-refractivity contribution in [1.29, 1.82) is 5.26 Å². The number of nitriles is 1. The molecule has 3 rings (SSSR count). The van der Waals surface area contributed by atoms with Crippen LogP contribution in [0.2, 0.25) is 0 Å². The molecule has 1 aliphatic carbocycles. The van der Waals surface area contributed by atoms with Gasteiger partial charge in [-0.25, -0.2) is 4.98 Å². The first kappa shape index (κ1) is 15.1. The number of rotatable bonds is 3. The molecule has 1 aromatic heterocycles. The quantitative estimate of drug-likeness (QED) is 0.856. The van der Waals surface area contributed by atoms with Gasteiger partial charge in [0, 0.05) is 25.3 Å². The Balaban J connectivity index is 0.00000147. The molecule has 1 aliphatic heterocycles. The fourth-order valence-corrected chi connectivity index (χ4v) is 3.25. The first-order valence-corrected chi connectivity index (χ1v) is 6.97. The monoisotopic (exact) mass is 292 g/mol. The molecule has 1 saturated heterocycles. The highest BCUT2D eigenvalue weighted by Crippen LogP contribution is 2.43. The molecular weight excluding hydrogens is 272 g/mol. The van der Waals surface area contributed by atoms with E-state index in [1.54, 1.807) is 6.20 Å². The van der Waals surface area contributed by atoms with Crippen LogP contribution in [0.15, 0.2) is 18.3 Å². The molecule has 2 fully saturated rings. The van der Waals surface area contributed by atoms with E-state index < -0.39 is 0 Å².